The average Bonchev–Trinajstić information content (AvgIpc) is 2.59. The van der Waals surface area contributed by atoms with Gasteiger partial charge in [-0.25, -0.2) is 4.98 Å². The molecule has 0 bridgehead atoms. The highest BCUT2D eigenvalue weighted by molar-refractivity contribution is 5.08. The van der Waals surface area contributed by atoms with E-state index in [9.17, 15) is 0 Å². The van der Waals surface area contributed by atoms with Gasteiger partial charge < -0.3 is 10.1 Å². The lowest BCUT2D eigenvalue weighted by Crippen LogP contribution is -2.19. The topological polar surface area (TPSA) is 34.1 Å². The average molecular weight is 163 g/mol. The van der Waals surface area contributed by atoms with Gasteiger partial charge in [-0.05, 0) is 25.1 Å². The maximum atomic E-state index is 5.57. The Kier molecular flexibility index (Phi) is 2.23. The molecule has 1 aliphatic rings. The summed E-state index contributed by atoms with van der Waals surface area (Å²) in [5.74, 6) is 0.672. The summed E-state index contributed by atoms with van der Waals surface area (Å²) in [6.07, 6.45) is 3.04. The van der Waals surface area contributed by atoms with Crippen molar-refractivity contribution < 1.29 is 4.74 Å². The van der Waals surface area contributed by atoms with Crippen molar-refractivity contribution >= 4 is 0 Å². The Balaban J connectivity index is 1.94. The SMILES string of the molecule is [c]1ccnc(OC2CCNC2)c1. The molecule has 1 N–H and O–H groups in total. The van der Waals surface area contributed by atoms with Crippen LogP contribution in [0.4, 0.5) is 0 Å². The maximum Gasteiger partial charge on any atom is 0.214 e. The van der Waals surface area contributed by atoms with Crippen molar-refractivity contribution in [3.8, 4) is 5.88 Å². The largest absolute Gasteiger partial charge is 0.473 e. The fourth-order valence-electron chi connectivity index (χ4n) is 1.27. The van der Waals surface area contributed by atoms with Crippen LogP contribution in [0.2, 0.25) is 0 Å². The minimum Gasteiger partial charge on any atom is -0.473 e. The summed E-state index contributed by atoms with van der Waals surface area (Å²) in [5.41, 5.74) is 0. The third-order valence-corrected chi connectivity index (χ3v) is 1.88. The lowest BCUT2D eigenvalue weighted by molar-refractivity contribution is 0.214. The van der Waals surface area contributed by atoms with Gasteiger partial charge in [0.05, 0.1) is 0 Å². The monoisotopic (exact) mass is 163 g/mol. The Bertz CT molecular complexity index is 232. The van der Waals surface area contributed by atoms with Gasteiger partial charge in [0.1, 0.15) is 6.10 Å². The van der Waals surface area contributed by atoms with E-state index in [2.05, 4.69) is 16.4 Å². The molecule has 0 amide bonds. The second-order valence-corrected chi connectivity index (χ2v) is 2.83. The molecule has 1 atom stereocenters. The Morgan fingerprint density at radius 2 is 2.67 bits per heavy atom. The standard InChI is InChI=1S/C9H11N2O/c1-2-5-11-9(3-1)12-8-4-6-10-7-8/h2-3,5,8,10H,4,6-7H2. The van der Waals surface area contributed by atoms with Gasteiger partial charge in [-0.1, -0.05) is 0 Å². The zero-order valence-corrected chi connectivity index (χ0v) is 6.79. The molecule has 3 heteroatoms. The van der Waals surface area contributed by atoms with Crippen LogP contribution in [-0.2, 0) is 0 Å². The van der Waals surface area contributed by atoms with E-state index < -0.39 is 0 Å². The third-order valence-electron chi connectivity index (χ3n) is 1.88. The van der Waals surface area contributed by atoms with Gasteiger partial charge in [0.25, 0.3) is 0 Å². The number of aromatic nitrogens is 1. The number of ether oxygens (including phenoxy) is 1. The summed E-state index contributed by atoms with van der Waals surface area (Å²) in [6, 6.07) is 6.45. The van der Waals surface area contributed by atoms with E-state index >= 15 is 0 Å². The van der Waals surface area contributed by atoms with E-state index in [1.54, 1.807) is 18.3 Å². The highest BCUT2D eigenvalue weighted by Gasteiger charge is 2.15. The molecule has 1 aromatic rings. The summed E-state index contributed by atoms with van der Waals surface area (Å²) in [6.45, 7) is 1.97. The molecule has 12 heavy (non-hydrogen) atoms. The van der Waals surface area contributed by atoms with Gasteiger partial charge in [0.2, 0.25) is 5.88 Å². The van der Waals surface area contributed by atoms with Gasteiger partial charge >= 0.3 is 0 Å². The van der Waals surface area contributed by atoms with Crippen LogP contribution in [-0.4, -0.2) is 24.2 Å². The fourth-order valence-corrected chi connectivity index (χ4v) is 1.27. The van der Waals surface area contributed by atoms with Gasteiger partial charge in [-0.3, -0.25) is 0 Å². The first kappa shape index (κ1) is 7.55. The van der Waals surface area contributed by atoms with E-state index in [0.29, 0.717) is 5.88 Å². The molecule has 0 aliphatic carbocycles. The maximum absolute atomic E-state index is 5.57. The molecule has 3 nitrogen and oxygen atoms in total. The van der Waals surface area contributed by atoms with Crippen molar-refractivity contribution in [2.45, 2.75) is 12.5 Å². The van der Waals surface area contributed by atoms with Crippen molar-refractivity contribution in [2.75, 3.05) is 13.1 Å². The van der Waals surface area contributed by atoms with Crippen LogP contribution in [0.1, 0.15) is 6.42 Å². The van der Waals surface area contributed by atoms with Crippen LogP contribution < -0.4 is 10.1 Å². The van der Waals surface area contributed by atoms with E-state index in [-0.39, 0.29) is 6.10 Å². The lowest BCUT2D eigenvalue weighted by Gasteiger charge is -2.10. The van der Waals surface area contributed by atoms with Gasteiger partial charge in [0.15, 0.2) is 0 Å². The van der Waals surface area contributed by atoms with Crippen molar-refractivity contribution in [3.63, 3.8) is 0 Å². The van der Waals surface area contributed by atoms with Gasteiger partial charge in [-0.15, -0.1) is 0 Å². The summed E-state index contributed by atoms with van der Waals surface area (Å²) in [7, 11) is 0. The molecule has 1 aliphatic heterocycles. The van der Waals surface area contributed by atoms with E-state index in [1.165, 1.54) is 0 Å². The molecule has 2 rings (SSSR count). The molecule has 0 aromatic carbocycles. The first-order valence-electron chi connectivity index (χ1n) is 4.14. The first-order chi connectivity index (χ1) is 5.95. The highest BCUT2D eigenvalue weighted by atomic mass is 16.5. The van der Waals surface area contributed by atoms with Gasteiger partial charge in [0, 0.05) is 18.8 Å². The summed E-state index contributed by atoms with van der Waals surface area (Å²) < 4.78 is 5.57. The summed E-state index contributed by atoms with van der Waals surface area (Å²) in [5, 5.41) is 3.23. The van der Waals surface area contributed by atoms with Crippen LogP contribution in [0.3, 0.4) is 0 Å². The zero-order valence-electron chi connectivity index (χ0n) is 6.79. The Morgan fingerprint density at radius 3 is 3.33 bits per heavy atom. The molecular weight excluding hydrogens is 152 g/mol. The van der Waals surface area contributed by atoms with Crippen LogP contribution in [0.5, 0.6) is 5.88 Å². The predicted octanol–water partition coefficient (Wildman–Crippen LogP) is 0.622. The van der Waals surface area contributed by atoms with Crippen molar-refractivity contribution in [1.29, 1.82) is 0 Å². The minimum atomic E-state index is 0.285. The predicted molar refractivity (Wildman–Crippen MR) is 45.0 cm³/mol. The number of pyridine rings is 1. The summed E-state index contributed by atoms with van der Waals surface area (Å²) >= 11 is 0. The van der Waals surface area contributed by atoms with Crippen LogP contribution in [0, 0.1) is 6.07 Å². The van der Waals surface area contributed by atoms with E-state index in [4.69, 9.17) is 4.74 Å². The number of rotatable bonds is 2. The van der Waals surface area contributed by atoms with Crippen molar-refractivity contribution in [2.24, 2.45) is 0 Å². The summed E-state index contributed by atoms with van der Waals surface area (Å²) in [4.78, 5) is 4.06. The molecule has 2 heterocycles. The Hall–Kier alpha value is -1.09. The number of nitrogens with one attached hydrogen (secondary N) is 1. The van der Waals surface area contributed by atoms with Crippen LogP contribution in [0.25, 0.3) is 0 Å². The zero-order chi connectivity index (χ0) is 8.23. The minimum absolute atomic E-state index is 0.285. The van der Waals surface area contributed by atoms with Crippen LogP contribution >= 0.6 is 0 Å². The quantitative estimate of drug-likeness (QED) is 0.694. The Morgan fingerprint density at radius 1 is 1.67 bits per heavy atom. The number of hydrogen-bond acceptors (Lipinski definition) is 3. The molecule has 0 saturated carbocycles. The number of hydrogen-bond donors (Lipinski definition) is 1. The van der Waals surface area contributed by atoms with Gasteiger partial charge in [-0.2, -0.15) is 0 Å². The molecular formula is C9H11N2O. The molecule has 1 radical (unpaired) electrons. The van der Waals surface area contributed by atoms with E-state index in [1.807, 2.05) is 0 Å². The fraction of sp³-hybridized carbons (Fsp3) is 0.444. The number of nitrogens with zero attached hydrogens (tertiary/aromatic N) is 1. The second kappa shape index (κ2) is 3.54. The highest BCUT2D eigenvalue weighted by Crippen LogP contribution is 2.09. The second-order valence-electron chi connectivity index (χ2n) is 2.83. The molecule has 1 aromatic heterocycles. The smallest absolute Gasteiger partial charge is 0.214 e. The Labute approximate surface area is 71.8 Å². The lowest BCUT2D eigenvalue weighted by atomic mass is 10.3. The van der Waals surface area contributed by atoms with Crippen molar-refractivity contribution in [1.82, 2.24) is 10.3 Å². The van der Waals surface area contributed by atoms with Crippen LogP contribution in [0.15, 0.2) is 18.3 Å². The third kappa shape index (κ3) is 1.74. The normalized spacial score (nSPS) is 22.5. The molecule has 1 fully saturated rings. The first-order valence-corrected chi connectivity index (χ1v) is 4.14. The van der Waals surface area contributed by atoms with Crippen molar-refractivity contribution in [3.05, 3.63) is 24.4 Å². The molecule has 1 saturated heterocycles. The molecule has 0 spiro atoms. The van der Waals surface area contributed by atoms with E-state index in [0.717, 1.165) is 19.5 Å². The molecule has 63 valence electrons. The molecule has 1 unspecified atom stereocenters.